The van der Waals surface area contributed by atoms with E-state index in [1.54, 1.807) is 0 Å². The molecule has 0 aromatic heterocycles. The summed E-state index contributed by atoms with van der Waals surface area (Å²) in [6.07, 6.45) is 5.02. The van der Waals surface area contributed by atoms with Gasteiger partial charge < -0.3 is 9.64 Å². The van der Waals surface area contributed by atoms with Crippen molar-refractivity contribution in [3.8, 4) is 5.75 Å². The number of nitrogens with zero attached hydrogens (tertiary/aromatic N) is 1. The monoisotopic (exact) mass is 461 g/mol. The van der Waals surface area contributed by atoms with Gasteiger partial charge in [0.15, 0.2) is 0 Å². The second-order valence-corrected chi connectivity index (χ2v) is 10.5. The van der Waals surface area contributed by atoms with Gasteiger partial charge in [-0.15, -0.1) is 0 Å². The van der Waals surface area contributed by atoms with Crippen molar-refractivity contribution in [2.75, 3.05) is 19.6 Å². The van der Waals surface area contributed by atoms with Crippen molar-refractivity contribution >= 4 is 10.8 Å². The van der Waals surface area contributed by atoms with Crippen molar-refractivity contribution in [3.05, 3.63) is 114 Å². The molecule has 2 aliphatic rings. The molecule has 4 aromatic carbocycles. The van der Waals surface area contributed by atoms with E-state index in [1.165, 1.54) is 54.4 Å². The zero-order valence-electron chi connectivity index (χ0n) is 20.4. The molecule has 0 N–H and O–H groups in total. The lowest BCUT2D eigenvalue weighted by atomic mass is 9.86. The highest BCUT2D eigenvalue weighted by atomic mass is 16.5. The fourth-order valence-electron chi connectivity index (χ4n) is 6.46. The van der Waals surface area contributed by atoms with Gasteiger partial charge in [-0.2, -0.15) is 0 Å². The first-order valence-corrected chi connectivity index (χ1v) is 13.3. The van der Waals surface area contributed by atoms with Crippen LogP contribution < -0.4 is 4.74 Å². The highest BCUT2D eigenvalue weighted by molar-refractivity contribution is 5.88. The summed E-state index contributed by atoms with van der Waals surface area (Å²) in [5.74, 6) is 2.93. The van der Waals surface area contributed by atoms with Gasteiger partial charge >= 0.3 is 0 Å². The van der Waals surface area contributed by atoms with Crippen LogP contribution in [-0.2, 0) is 0 Å². The van der Waals surface area contributed by atoms with Crippen LogP contribution >= 0.6 is 0 Å². The van der Waals surface area contributed by atoms with Crippen molar-refractivity contribution in [3.63, 3.8) is 0 Å². The van der Waals surface area contributed by atoms with Crippen molar-refractivity contribution < 1.29 is 4.74 Å². The molecular weight excluding hydrogens is 426 g/mol. The van der Waals surface area contributed by atoms with E-state index in [2.05, 4.69) is 108 Å². The Kier molecular flexibility index (Phi) is 6.55. The van der Waals surface area contributed by atoms with Crippen LogP contribution in [0.5, 0.6) is 5.75 Å². The summed E-state index contributed by atoms with van der Waals surface area (Å²) in [5, 5.41) is 2.47. The van der Waals surface area contributed by atoms with Crippen LogP contribution in [0.25, 0.3) is 10.8 Å². The molecule has 6 rings (SSSR count). The number of rotatable bonds is 6. The lowest BCUT2D eigenvalue weighted by Crippen LogP contribution is -2.37. The van der Waals surface area contributed by atoms with Gasteiger partial charge in [-0.3, -0.25) is 0 Å². The van der Waals surface area contributed by atoms with Gasteiger partial charge in [0, 0.05) is 11.9 Å². The minimum absolute atomic E-state index is 0.262. The van der Waals surface area contributed by atoms with E-state index in [1.807, 2.05) is 0 Å². The predicted octanol–water partition coefficient (Wildman–Crippen LogP) is 7.66. The van der Waals surface area contributed by atoms with Crippen LogP contribution in [0.1, 0.15) is 48.6 Å². The minimum Gasteiger partial charge on any atom is -0.490 e. The average Bonchev–Trinajstić information content (AvgIpc) is 3.32. The zero-order valence-corrected chi connectivity index (χ0v) is 20.4. The lowest BCUT2D eigenvalue weighted by Gasteiger charge is -2.35. The van der Waals surface area contributed by atoms with E-state index >= 15 is 0 Å². The van der Waals surface area contributed by atoms with Gasteiger partial charge in [-0.05, 0) is 79.1 Å². The molecule has 1 saturated heterocycles. The molecule has 1 aliphatic carbocycles. The van der Waals surface area contributed by atoms with Crippen LogP contribution in [0, 0.1) is 5.92 Å². The van der Waals surface area contributed by atoms with Crippen molar-refractivity contribution in [1.29, 1.82) is 0 Å². The molecule has 1 aliphatic heterocycles. The second-order valence-electron chi connectivity index (χ2n) is 10.5. The Bertz CT molecular complexity index is 1220. The molecule has 0 amide bonds. The summed E-state index contributed by atoms with van der Waals surface area (Å²) < 4.78 is 6.72. The Morgan fingerprint density at radius 1 is 0.657 bits per heavy atom. The smallest absolute Gasteiger partial charge is 0.127 e. The van der Waals surface area contributed by atoms with Gasteiger partial charge in [0.05, 0.1) is 6.10 Å². The Balaban J connectivity index is 1.16. The van der Waals surface area contributed by atoms with E-state index in [-0.39, 0.29) is 6.10 Å². The van der Waals surface area contributed by atoms with E-state index in [4.69, 9.17) is 4.74 Å². The van der Waals surface area contributed by atoms with Crippen molar-refractivity contribution in [2.45, 2.75) is 43.6 Å². The van der Waals surface area contributed by atoms with E-state index in [9.17, 15) is 0 Å². The summed E-state index contributed by atoms with van der Waals surface area (Å²) in [7, 11) is 0. The summed E-state index contributed by atoms with van der Waals surface area (Å²) in [6, 6.07) is 37.2. The Morgan fingerprint density at radius 2 is 1.31 bits per heavy atom. The van der Waals surface area contributed by atoms with Crippen LogP contribution in [0.3, 0.4) is 0 Å². The molecule has 0 bridgehead atoms. The minimum atomic E-state index is 0.262. The van der Waals surface area contributed by atoms with Crippen LogP contribution in [0.4, 0.5) is 0 Å². The molecular formula is C33H35NO. The maximum absolute atomic E-state index is 6.72. The Morgan fingerprint density at radius 3 is 2.09 bits per heavy atom. The van der Waals surface area contributed by atoms with Gasteiger partial charge in [0.2, 0.25) is 0 Å². The fraction of sp³-hybridized carbons (Fsp3) is 0.333. The quantitative estimate of drug-likeness (QED) is 0.292. The van der Waals surface area contributed by atoms with Gasteiger partial charge in [0.1, 0.15) is 5.75 Å². The maximum atomic E-state index is 6.72. The standard InChI is InChI=1S/C33H35NO/c1-3-10-25(11-4-1)26-18-20-34(21-19-26)24-29-22-30(23-32(29)28-12-5-2-6-13-28)35-33-17-9-15-27-14-7-8-16-31(27)33/h1-17,26,29-30,32H,18-24H2/t29-,30?,32-/m1/s1. The molecule has 1 unspecified atom stereocenters. The van der Waals surface area contributed by atoms with Gasteiger partial charge in [-0.25, -0.2) is 0 Å². The number of likely N-dealkylation sites (tertiary alicyclic amines) is 1. The SMILES string of the molecule is c1ccc(C2CCN(C[C@H]3CC(Oc4cccc5ccccc45)C[C@@H]3c3ccccc3)CC2)cc1. The molecule has 35 heavy (non-hydrogen) atoms. The molecule has 2 nitrogen and oxygen atoms in total. The number of hydrogen-bond donors (Lipinski definition) is 0. The van der Waals surface area contributed by atoms with Crippen LogP contribution in [0.2, 0.25) is 0 Å². The van der Waals surface area contributed by atoms with E-state index in [0.29, 0.717) is 17.8 Å². The van der Waals surface area contributed by atoms with Crippen LogP contribution in [0.15, 0.2) is 103 Å². The maximum Gasteiger partial charge on any atom is 0.127 e. The average molecular weight is 462 g/mol. The summed E-state index contributed by atoms with van der Waals surface area (Å²) in [4.78, 5) is 2.72. The van der Waals surface area contributed by atoms with Crippen LogP contribution in [-0.4, -0.2) is 30.6 Å². The molecule has 2 heteroatoms. The molecule has 1 heterocycles. The molecule has 0 spiro atoms. The normalized spacial score (nSPS) is 23.5. The third-order valence-corrected chi connectivity index (χ3v) is 8.27. The number of hydrogen-bond acceptors (Lipinski definition) is 2. The molecule has 0 radical (unpaired) electrons. The number of ether oxygens (including phenoxy) is 1. The third-order valence-electron chi connectivity index (χ3n) is 8.27. The van der Waals surface area contributed by atoms with E-state index < -0.39 is 0 Å². The third kappa shape index (κ3) is 4.99. The number of piperidine rings is 1. The number of fused-ring (bicyclic) bond motifs is 1. The second kappa shape index (κ2) is 10.3. The lowest BCUT2D eigenvalue weighted by molar-refractivity contribution is 0.166. The first-order chi connectivity index (χ1) is 17.3. The first-order valence-electron chi connectivity index (χ1n) is 13.3. The molecule has 178 valence electrons. The first kappa shape index (κ1) is 22.4. The molecule has 3 atom stereocenters. The van der Waals surface area contributed by atoms with Gasteiger partial charge in [-0.1, -0.05) is 97.1 Å². The topological polar surface area (TPSA) is 12.5 Å². The highest BCUT2D eigenvalue weighted by Crippen LogP contribution is 2.43. The van der Waals surface area contributed by atoms with E-state index in [0.717, 1.165) is 18.6 Å². The highest BCUT2D eigenvalue weighted by Gasteiger charge is 2.38. The predicted molar refractivity (Wildman–Crippen MR) is 145 cm³/mol. The number of benzene rings is 4. The van der Waals surface area contributed by atoms with Crippen molar-refractivity contribution in [2.24, 2.45) is 5.92 Å². The molecule has 2 fully saturated rings. The van der Waals surface area contributed by atoms with Gasteiger partial charge in [0.25, 0.3) is 0 Å². The fourth-order valence-corrected chi connectivity index (χ4v) is 6.46. The zero-order chi connectivity index (χ0) is 23.5. The Hall–Kier alpha value is -3.10. The summed E-state index contributed by atoms with van der Waals surface area (Å²) in [6.45, 7) is 3.58. The molecule has 1 saturated carbocycles. The largest absolute Gasteiger partial charge is 0.490 e. The van der Waals surface area contributed by atoms with Crippen molar-refractivity contribution in [1.82, 2.24) is 4.90 Å². The summed E-state index contributed by atoms with van der Waals surface area (Å²) in [5.41, 5.74) is 2.99. The molecule has 4 aromatic rings. The summed E-state index contributed by atoms with van der Waals surface area (Å²) >= 11 is 0. The Labute approximate surface area is 209 Å².